The van der Waals surface area contributed by atoms with Gasteiger partial charge in [-0.2, -0.15) is 5.26 Å². The summed E-state index contributed by atoms with van der Waals surface area (Å²) in [6.45, 7) is 2.43. The van der Waals surface area contributed by atoms with Gasteiger partial charge in [0.1, 0.15) is 11.9 Å². The Kier molecular flexibility index (Phi) is 3.31. The summed E-state index contributed by atoms with van der Waals surface area (Å²) in [6.07, 6.45) is 3.40. The lowest BCUT2D eigenvalue weighted by molar-refractivity contribution is 0.947. The molecule has 2 aromatic rings. The minimum Gasteiger partial charge on any atom is -0.377 e. The highest BCUT2D eigenvalue weighted by atomic mass is 15.0. The Bertz CT molecular complexity index is 543. The van der Waals surface area contributed by atoms with Crippen molar-refractivity contribution in [2.24, 2.45) is 0 Å². The van der Waals surface area contributed by atoms with E-state index in [9.17, 15) is 0 Å². The fourth-order valence-corrected chi connectivity index (χ4v) is 1.56. The Morgan fingerprint density at radius 3 is 2.71 bits per heavy atom. The second kappa shape index (κ2) is 5.08. The van der Waals surface area contributed by atoms with E-state index < -0.39 is 0 Å². The Morgan fingerprint density at radius 2 is 2.00 bits per heavy atom. The standard InChI is InChI=1S/C13H12N4/c1-10-4-2-5-12(11(10)8-14)17-9-13-15-6-3-7-16-13/h2-7,17H,9H2,1H3. The van der Waals surface area contributed by atoms with Crippen LogP contribution < -0.4 is 5.32 Å². The molecule has 1 aromatic heterocycles. The molecule has 1 N–H and O–H groups in total. The first kappa shape index (κ1) is 11.1. The van der Waals surface area contributed by atoms with Crippen LogP contribution in [0.5, 0.6) is 0 Å². The largest absolute Gasteiger partial charge is 0.377 e. The van der Waals surface area contributed by atoms with Crippen LogP contribution in [0, 0.1) is 18.3 Å². The monoisotopic (exact) mass is 224 g/mol. The van der Waals surface area contributed by atoms with Crippen molar-refractivity contribution in [2.75, 3.05) is 5.32 Å². The number of rotatable bonds is 3. The Hall–Kier alpha value is -2.41. The molecule has 0 aliphatic carbocycles. The van der Waals surface area contributed by atoms with E-state index in [4.69, 9.17) is 5.26 Å². The van der Waals surface area contributed by atoms with Crippen molar-refractivity contribution in [3.8, 4) is 6.07 Å². The summed E-state index contributed by atoms with van der Waals surface area (Å²) in [5.41, 5.74) is 2.45. The number of hydrogen-bond acceptors (Lipinski definition) is 4. The third kappa shape index (κ3) is 2.58. The molecule has 0 amide bonds. The number of nitrogens with zero attached hydrogens (tertiary/aromatic N) is 3. The van der Waals surface area contributed by atoms with Crippen LogP contribution in [0.1, 0.15) is 17.0 Å². The molecular formula is C13H12N4. The highest BCUT2D eigenvalue weighted by Gasteiger charge is 2.04. The van der Waals surface area contributed by atoms with Gasteiger partial charge in [0.2, 0.25) is 0 Å². The summed E-state index contributed by atoms with van der Waals surface area (Å²) < 4.78 is 0. The van der Waals surface area contributed by atoms with Crippen molar-refractivity contribution in [3.63, 3.8) is 0 Å². The van der Waals surface area contributed by atoms with Crippen LogP contribution in [0.4, 0.5) is 5.69 Å². The molecule has 84 valence electrons. The molecule has 0 atom stereocenters. The molecule has 0 aliphatic rings. The van der Waals surface area contributed by atoms with Gasteiger partial charge in [0, 0.05) is 12.4 Å². The molecule has 0 saturated carbocycles. The van der Waals surface area contributed by atoms with E-state index >= 15 is 0 Å². The van der Waals surface area contributed by atoms with Crippen LogP contribution in [0.15, 0.2) is 36.7 Å². The topological polar surface area (TPSA) is 61.6 Å². The average Bonchev–Trinajstić information content (AvgIpc) is 2.37. The summed E-state index contributed by atoms with van der Waals surface area (Å²) in [6, 6.07) is 9.70. The maximum atomic E-state index is 9.08. The zero-order chi connectivity index (χ0) is 12.1. The molecule has 0 spiro atoms. The lowest BCUT2D eigenvalue weighted by Crippen LogP contribution is -2.05. The zero-order valence-corrected chi connectivity index (χ0v) is 9.51. The van der Waals surface area contributed by atoms with Crippen molar-refractivity contribution in [1.82, 2.24) is 9.97 Å². The van der Waals surface area contributed by atoms with Crippen LogP contribution in [0.25, 0.3) is 0 Å². The van der Waals surface area contributed by atoms with E-state index in [1.165, 1.54) is 0 Å². The third-order valence-electron chi connectivity index (χ3n) is 2.44. The van der Waals surface area contributed by atoms with Gasteiger partial charge in [-0.05, 0) is 24.6 Å². The van der Waals surface area contributed by atoms with E-state index in [0.717, 1.165) is 11.3 Å². The summed E-state index contributed by atoms with van der Waals surface area (Å²) in [4.78, 5) is 8.23. The van der Waals surface area contributed by atoms with E-state index in [2.05, 4.69) is 21.4 Å². The van der Waals surface area contributed by atoms with Crippen LogP contribution >= 0.6 is 0 Å². The smallest absolute Gasteiger partial charge is 0.147 e. The fraction of sp³-hybridized carbons (Fsp3) is 0.154. The molecule has 0 unspecified atom stereocenters. The molecule has 0 bridgehead atoms. The highest BCUT2D eigenvalue weighted by Crippen LogP contribution is 2.18. The normalized spacial score (nSPS) is 9.65. The van der Waals surface area contributed by atoms with E-state index in [1.807, 2.05) is 25.1 Å². The number of nitrogens with one attached hydrogen (secondary N) is 1. The number of aryl methyl sites for hydroxylation is 1. The second-order valence-electron chi connectivity index (χ2n) is 3.63. The molecule has 0 radical (unpaired) electrons. The van der Waals surface area contributed by atoms with Crippen molar-refractivity contribution in [2.45, 2.75) is 13.5 Å². The molecule has 1 aromatic carbocycles. The zero-order valence-electron chi connectivity index (χ0n) is 9.51. The van der Waals surface area contributed by atoms with Gasteiger partial charge < -0.3 is 5.32 Å². The van der Waals surface area contributed by atoms with Crippen LogP contribution in [-0.4, -0.2) is 9.97 Å². The molecule has 4 heteroatoms. The Labute approximate surface area is 100.0 Å². The lowest BCUT2D eigenvalue weighted by Gasteiger charge is -2.08. The average molecular weight is 224 g/mol. The number of aromatic nitrogens is 2. The summed E-state index contributed by atoms with van der Waals surface area (Å²) >= 11 is 0. The van der Waals surface area contributed by atoms with Gasteiger partial charge in [0.05, 0.1) is 17.8 Å². The summed E-state index contributed by atoms with van der Waals surface area (Å²) in [7, 11) is 0. The van der Waals surface area contributed by atoms with Gasteiger partial charge in [0.15, 0.2) is 0 Å². The minimum atomic E-state index is 0.513. The number of hydrogen-bond donors (Lipinski definition) is 1. The van der Waals surface area contributed by atoms with Gasteiger partial charge in [0.25, 0.3) is 0 Å². The first-order chi connectivity index (χ1) is 8.31. The van der Waals surface area contributed by atoms with Crippen LogP contribution in [-0.2, 0) is 6.54 Å². The lowest BCUT2D eigenvalue weighted by atomic mass is 10.1. The van der Waals surface area contributed by atoms with Gasteiger partial charge in [-0.3, -0.25) is 0 Å². The highest BCUT2D eigenvalue weighted by molar-refractivity contribution is 5.60. The van der Waals surface area contributed by atoms with Crippen molar-refractivity contribution >= 4 is 5.69 Å². The molecule has 0 saturated heterocycles. The fourth-order valence-electron chi connectivity index (χ4n) is 1.56. The van der Waals surface area contributed by atoms with Gasteiger partial charge in [-0.15, -0.1) is 0 Å². The third-order valence-corrected chi connectivity index (χ3v) is 2.44. The summed E-state index contributed by atoms with van der Waals surface area (Å²) in [5.74, 6) is 0.706. The maximum Gasteiger partial charge on any atom is 0.147 e. The number of nitriles is 1. The van der Waals surface area contributed by atoms with E-state index in [0.29, 0.717) is 17.9 Å². The van der Waals surface area contributed by atoms with Crippen molar-refractivity contribution < 1.29 is 0 Å². The number of anilines is 1. The van der Waals surface area contributed by atoms with Gasteiger partial charge >= 0.3 is 0 Å². The SMILES string of the molecule is Cc1cccc(NCc2ncccn2)c1C#N. The predicted molar refractivity (Wildman–Crippen MR) is 65.3 cm³/mol. The second-order valence-corrected chi connectivity index (χ2v) is 3.63. The molecule has 4 nitrogen and oxygen atoms in total. The predicted octanol–water partition coefficient (Wildman–Crippen LogP) is 2.27. The van der Waals surface area contributed by atoms with E-state index in [1.54, 1.807) is 18.5 Å². The molecule has 1 heterocycles. The quantitative estimate of drug-likeness (QED) is 0.868. The molecule has 17 heavy (non-hydrogen) atoms. The van der Waals surface area contributed by atoms with Crippen LogP contribution in [0.2, 0.25) is 0 Å². The molecule has 2 rings (SSSR count). The molecular weight excluding hydrogens is 212 g/mol. The van der Waals surface area contributed by atoms with Gasteiger partial charge in [-0.1, -0.05) is 12.1 Å². The van der Waals surface area contributed by atoms with Crippen LogP contribution in [0.3, 0.4) is 0 Å². The van der Waals surface area contributed by atoms with Crippen molar-refractivity contribution in [1.29, 1.82) is 5.26 Å². The summed E-state index contributed by atoms with van der Waals surface area (Å²) in [5, 5.41) is 12.2. The Balaban J connectivity index is 2.15. The first-order valence-corrected chi connectivity index (χ1v) is 5.31. The molecule has 0 fully saturated rings. The molecule has 0 aliphatic heterocycles. The van der Waals surface area contributed by atoms with Gasteiger partial charge in [-0.25, -0.2) is 9.97 Å². The number of benzene rings is 1. The maximum absolute atomic E-state index is 9.08. The van der Waals surface area contributed by atoms with E-state index in [-0.39, 0.29) is 0 Å². The minimum absolute atomic E-state index is 0.513. The first-order valence-electron chi connectivity index (χ1n) is 5.31. The Morgan fingerprint density at radius 1 is 1.24 bits per heavy atom. The van der Waals surface area contributed by atoms with Crippen molar-refractivity contribution in [3.05, 3.63) is 53.6 Å².